The van der Waals surface area contributed by atoms with E-state index in [2.05, 4.69) is 4.98 Å². The molecule has 0 fully saturated rings. The number of aromatic nitrogens is 1. The molecule has 4 heteroatoms. The van der Waals surface area contributed by atoms with Crippen molar-refractivity contribution in [3.05, 3.63) is 30.0 Å². The van der Waals surface area contributed by atoms with Crippen molar-refractivity contribution in [2.24, 2.45) is 5.73 Å². The zero-order valence-electron chi connectivity index (χ0n) is 9.97. The molecule has 0 saturated heterocycles. The first-order chi connectivity index (χ1) is 8.11. The molecule has 2 aromatic rings. The first kappa shape index (κ1) is 11.7. The van der Waals surface area contributed by atoms with E-state index in [-0.39, 0.29) is 11.9 Å². The van der Waals surface area contributed by atoms with Crippen molar-refractivity contribution in [1.82, 2.24) is 4.98 Å². The number of aromatic hydroxyl groups is 1. The van der Waals surface area contributed by atoms with Gasteiger partial charge in [0.15, 0.2) is 0 Å². The lowest BCUT2D eigenvalue weighted by Crippen LogP contribution is -2.08. The van der Waals surface area contributed by atoms with Crippen LogP contribution in [0.15, 0.2) is 24.3 Å². The summed E-state index contributed by atoms with van der Waals surface area (Å²) in [4.78, 5) is 4.31. The van der Waals surface area contributed by atoms with E-state index in [1.807, 2.05) is 26.0 Å². The number of rotatable bonds is 3. The standard InChI is InChI=1S/C13H16N2O2/c1-8(2)17-12-6-9(7-14)15-13-10(12)4-3-5-11(13)16/h3-6,8,16H,7,14H2,1-2H3. The van der Waals surface area contributed by atoms with Gasteiger partial charge in [-0.3, -0.25) is 0 Å². The van der Waals surface area contributed by atoms with Gasteiger partial charge in [0.1, 0.15) is 17.0 Å². The second-order valence-corrected chi connectivity index (χ2v) is 4.16. The summed E-state index contributed by atoms with van der Waals surface area (Å²) < 4.78 is 5.72. The first-order valence-electron chi connectivity index (χ1n) is 5.60. The molecule has 1 aromatic carbocycles. The molecule has 0 aliphatic rings. The van der Waals surface area contributed by atoms with E-state index in [0.717, 1.165) is 5.39 Å². The van der Waals surface area contributed by atoms with Gasteiger partial charge < -0.3 is 15.6 Å². The lowest BCUT2D eigenvalue weighted by molar-refractivity contribution is 0.245. The van der Waals surface area contributed by atoms with Gasteiger partial charge in [-0.05, 0) is 26.0 Å². The molecule has 0 bridgehead atoms. The number of hydrogen-bond acceptors (Lipinski definition) is 4. The molecule has 0 unspecified atom stereocenters. The van der Waals surface area contributed by atoms with Crippen molar-refractivity contribution in [3.8, 4) is 11.5 Å². The van der Waals surface area contributed by atoms with Gasteiger partial charge >= 0.3 is 0 Å². The zero-order chi connectivity index (χ0) is 12.4. The highest BCUT2D eigenvalue weighted by Gasteiger charge is 2.10. The van der Waals surface area contributed by atoms with E-state index >= 15 is 0 Å². The van der Waals surface area contributed by atoms with E-state index in [9.17, 15) is 5.11 Å². The molecule has 0 atom stereocenters. The van der Waals surface area contributed by atoms with Gasteiger partial charge in [-0.1, -0.05) is 6.07 Å². The maximum absolute atomic E-state index is 9.79. The third kappa shape index (κ3) is 2.31. The summed E-state index contributed by atoms with van der Waals surface area (Å²) in [7, 11) is 0. The molecule has 2 rings (SSSR count). The van der Waals surface area contributed by atoms with E-state index in [1.54, 1.807) is 12.1 Å². The predicted molar refractivity (Wildman–Crippen MR) is 67.1 cm³/mol. The van der Waals surface area contributed by atoms with Crippen LogP contribution in [0.3, 0.4) is 0 Å². The maximum Gasteiger partial charge on any atom is 0.141 e. The summed E-state index contributed by atoms with van der Waals surface area (Å²) in [6.45, 7) is 4.23. The van der Waals surface area contributed by atoms with Crippen molar-refractivity contribution < 1.29 is 9.84 Å². The highest BCUT2D eigenvalue weighted by Crippen LogP contribution is 2.31. The van der Waals surface area contributed by atoms with E-state index < -0.39 is 0 Å². The third-order valence-electron chi connectivity index (χ3n) is 2.41. The summed E-state index contributed by atoms with van der Waals surface area (Å²) in [5.74, 6) is 0.854. The number of ether oxygens (including phenoxy) is 1. The number of nitrogens with zero attached hydrogens (tertiary/aromatic N) is 1. The topological polar surface area (TPSA) is 68.4 Å². The van der Waals surface area contributed by atoms with Crippen LogP contribution >= 0.6 is 0 Å². The molecule has 1 heterocycles. The van der Waals surface area contributed by atoms with Crippen LogP contribution in [0.4, 0.5) is 0 Å². The molecule has 0 amide bonds. The average Bonchev–Trinajstić information content (AvgIpc) is 2.29. The van der Waals surface area contributed by atoms with E-state index in [1.165, 1.54) is 0 Å². The number of benzene rings is 1. The van der Waals surface area contributed by atoms with Crippen LogP contribution in [0, 0.1) is 0 Å². The molecule has 0 saturated carbocycles. The lowest BCUT2D eigenvalue weighted by Gasteiger charge is -2.13. The van der Waals surface area contributed by atoms with Crippen molar-refractivity contribution >= 4 is 10.9 Å². The predicted octanol–water partition coefficient (Wildman–Crippen LogP) is 2.19. The summed E-state index contributed by atoms with van der Waals surface area (Å²) in [5.41, 5.74) is 6.83. The monoisotopic (exact) mass is 232 g/mol. The number of fused-ring (bicyclic) bond motifs is 1. The van der Waals surface area contributed by atoms with Gasteiger partial charge in [0.25, 0.3) is 0 Å². The Morgan fingerprint density at radius 2 is 2.18 bits per heavy atom. The number of nitrogens with two attached hydrogens (primary N) is 1. The Bertz CT molecular complexity index is 538. The fraction of sp³-hybridized carbons (Fsp3) is 0.308. The largest absolute Gasteiger partial charge is 0.506 e. The fourth-order valence-corrected chi connectivity index (χ4v) is 1.71. The van der Waals surface area contributed by atoms with Gasteiger partial charge in [0.05, 0.1) is 11.8 Å². The summed E-state index contributed by atoms with van der Waals surface area (Å²) >= 11 is 0. The Hall–Kier alpha value is -1.81. The SMILES string of the molecule is CC(C)Oc1cc(CN)nc2c(O)cccc12. The Labute approximate surface area is 100 Å². The van der Waals surface area contributed by atoms with Crippen LogP contribution in [0.5, 0.6) is 11.5 Å². The molecule has 90 valence electrons. The molecule has 0 aliphatic carbocycles. The Balaban J connectivity index is 2.67. The summed E-state index contributed by atoms with van der Waals surface area (Å²) in [6, 6.07) is 7.07. The second-order valence-electron chi connectivity index (χ2n) is 4.16. The molecule has 0 aliphatic heterocycles. The summed E-state index contributed by atoms with van der Waals surface area (Å²) in [5, 5.41) is 10.6. The van der Waals surface area contributed by atoms with Crippen molar-refractivity contribution in [2.45, 2.75) is 26.5 Å². The summed E-state index contributed by atoms with van der Waals surface area (Å²) in [6.07, 6.45) is 0.0635. The smallest absolute Gasteiger partial charge is 0.141 e. The van der Waals surface area contributed by atoms with Crippen molar-refractivity contribution in [2.75, 3.05) is 0 Å². The van der Waals surface area contributed by atoms with Crippen molar-refractivity contribution in [1.29, 1.82) is 0 Å². The first-order valence-corrected chi connectivity index (χ1v) is 5.60. The Morgan fingerprint density at radius 1 is 1.41 bits per heavy atom. The van der Waals surface area contributed by atoms with Crippen LogP contribution in [-0.2, 0) is 6.54 Å². The second kappa shape index (κ2) is 4.59. The fourth-order valence-electron chi connectivity index (χ4n) is 1.71. The molecule has 17 heavy (non-hydrogen) atoms. The minimum absolute atomic E-state index is 0.0635. The number of phenols is 1. The molecular formula is C13H16N2O2. The maximum atomic E-state index is 9.79. The normalized spacial score (nSPS) is 11.1. The molecule has 4 nitrogen and oxygen atoms in total. The van der Waals surface area contributed by atoms with Gasteiger partial charge in [0, 0.05) is 18.0 Å². The molecular weight excluding hydrogens is 216 g/mol. The van der Waals surface area contributed by atoms with Crippen LogP contribution in [0.2, 0.25) is 0 Å². The Morgan fingerprint density at radius 3 is 2.82 bits per heavy atom. The van der Waals surface area contributed by atoms with E-state index in [4.69, 9.17) is 10.5 Å². The van der Waals surface area contributed by atoms with Gasteiger partial charge in [0.2, 0.25) is 0 Å². The van der Waals surface area contributed by atoms with Crippen molar-refractivity contribution in [3.63, 3.8) is 0 Å². The quantitative estimate of drug-likeness (QED) is 0.851. The lowest BCUT2D eigenvalue weighted by atomic mass is 10.1. The average molecular weight is 232 g/mol. The third-order valence-corrected chi connectivity index (χ3v) is 2.41. The van der Waals surface area contributed by atoms with E-state index in [0.29, 0.717) is 23.5 Å². The molecule has 0 spiro atoms. The van der Waals surface area contributed by atoms with Gasteiger partial charge in [-0.25, -0.2) is 4.98 Å². The van der Waals surface area contributed by atoms with Gasteiger partial charge in [-0.2, -0.15) is 0 Å². The Kier molecular flexibility index (Phi) is 3.15. The molecule has 3 N–H and O–H groups in total. The van der Waals surface area contributed by atoms with Crippen LogP contribution < -0.4 is 10.5 Å². The minimum Gasteiger partial charge on any atom is -0.506 e. The number of pyridine rings is 1. The van der Waals surface area contributed by atoms with Gasteiger partial charge in [-0.15, -0.1) is 0 Å². The minimum atomic E-state index is 0.0635. The number of phenolic OH excluding ortho intramolecular Hbond substituents is 1. The van der Waals surface area contributed by atoms with Crippen LogP contribution in [0.1, 0.15) is 19.5 Å². The molecule has 1 aromatic heterocycles. The van der Waals surface area contributed by atoms with Crippen LogP contribution in [-0.4, -0.2) is 16.2 Å². The number of hydrogen-bond donors (Lipinski definition) is 2. The number of para-hydroxylation sites is 1. The highest BCUT2D eigenvalue weighted by atomic mass is 16.5. The van der Waals surface area contributed by atoms with Crippen LogP contribution in [0.25, 0.3) is 10.9 Å². The molecule has 0 radical (unpaired) electrons. The highest BCUT2D eigenvalue weighted by molar-refractivity contribution is 5.89. The zero-order valence-corrected chi connectivity index (χ0v) is 9.97.